The molecule has 0 atom stereocenters. The third-order valence-corrected chi connectivity index (χ3v) is 4.64. The summed E-state index contributed by atoms with van der Waals surface area (Å²) in [5.74, 6) is 0.106. The topological polar surface area (TPSA) is 94.9 Å². The molecular weight excluding hydrogens is 405 g/mol. The van der Waals surface area contributed by atoms with Gasteiger partial charge in [-0.3, -0.25) is 14.7 Å². The highest BCUT2D eigenvalue weighted by Crippen LogP contribution is 2.32. The number of carbonyl (C=O) groups is 1. The highest BCUT2D eigenvalue weighted by Gasteiger charge is 2.21. The van der Waals surface area contributed by atoms with Gasteiger partial charge in [0.1, 0.15) is 23.0 Å². The van der Waals surface area contributed by atoms with E-state index < -0.39 is 17.3 Å². The maximum atomic E-state index is 13.3. The van der Waals surface area contributed by atoms with Crippen LogP contribution in [0.2, 0.25) is 0 Å². The molecule has 1 heterocycles. The number of methoxy groups -OCH3 is 3. The van der Waals surface area contributed by atoms with Crippen molar-refractivity contribution in [1.82, 2.24) is 9.78 Å². The molecule has 2 aromatic carbocycles. The number of aliphatic imine (C=N–C) groups is 1. The molecule has 0 amide bonds. The molecule has 0 unspecified atom stereocenters. The minimum Gasteiger partial charge on any atom is -0.497 e. The summed E-state index contributed by atoms with van der Waals surface area (Å²) in [7, 11) is 4.31. The molecule has 0 saturated carbocycles. The van der Waals surface area contributed by atoms with Crippen LogP contribution < -0.4 is 15.0 Å². The van der Waals surface area contributed by atoms with Crippen molar-refractivity contribution in [3.05, 3.63) is 69.9 Å². The van der Waals surface area contributed by atoms with Crippen molar-refractivity contribution in [2.24, 2.45) is 4.99 Å². The van der Waals surface area contributed by atoms with E-state index in [9.17, 15) is 14.0 Å². The molecule has 0 aliphatic heterocycles. The van der Waals surface area contributed by atoms with Gasteiger partial charge in [-0.15, -0.1) is 0 Å². The van der Waals surface area contributed by atoms with Gasteiger partial charge in [-0.1, -0.05) is 0 Å². The Morgan fingerprint density at radius 3 is 2.42 bits per heavy atom. The Balaban J connectivity index is 2.14. The van der Waals surface area contributed by atoms with E-state index in [0.717, 1.165) is 0 Å². The number of nitrogens with one attached hydrogen (secondary N) is 1. The van der Waals surface area contributed by atoms with Gasteiger partial charge < -0.3 is 14.2 Å². The number of aromatic nitrogens is 2. The van der Waals surface area contributed by atoms with Crippen molar-refractivity contribution in [1.29, 1.82) is 0 Å². The van der Waals surface area contributed by atoms with Gasteiger partial charge in [0.05, 0.1) is 50.4 Å². The summed E-state index contributed by atoms with van der Waals surface area (Å²) in [6, 6.07) is 10.5. The fourth-order valence-corrected chi connectivity index (χ4v) is 3.09. The van der Waals surface area contributed by atoms with E-state index in [1.807, 2.05) is 0 Å². The first kappa shape index (κ1) is 21.8. The van der Waals surface area contributed by atoms with Crippen molar-refractivity contribution < 1.29 is 23.4 Å². The second-order valence-corrected chi connectivity index (χ2v) is 6.57. The van der Waals surface area contributed by atoms with E-state index in [2.05, 4.69) is 10.1 Å². The lowest BCUT2D eigenvalue weighted by Crippen LogP contribution is -2.20. The van der Waals surface area contributed by atoms with Crippen LogP contribution in [0.25, 0.3) is 5.69 Å². The van der Waals surface area contributed by atoms with E-state index in [0.29, 0.717) is 34.3 Å². The van der Waals surface area contributed by atoms with Gasteiger partial charge in [0, 0.05) is 6.07 Å². The molecule has 0 spiro atoms. The van der Waals surface area contributed by atoms with Gasteiger partial charge in [0.2, 0.25) is 0 Å². The minimum atomic E-state index is -0.524. The zero-order valence-corrected chi connectivity index (χ0v) is 17.6. The Hall–Kier alpha value is -3.88. The van der Waals surface area contributed by atoms with E-state index in [4.69, 9.17) is 14.2 Å². The van der Waals surface area contributed by atoms with Crippen molar-refractivity contribution in [3.63, 3.8) is 0 Å². The highest BCUT2D eigenvalue weighted by molar-refractivity contribution is 6.02. The van der Waals surface area contributed by atoms with E-state index >= 15 is 0 Å². The Morgan fingerprint density at radius 2 is 1.81 bits per heavy atom. The number of H-pyrrole nitrogens is 1. The van der Waals surface area contributed by atoms with Gasteiger partial charge >= 0.3 is 5.97 Å². The zero-order valence-electron chi connectivity index (χ0n) is 17.6. The molecule has 1 aromatic heterocycles. The molecule has 0 aliphatic carbocycles. The summed E-state index contributed by atoms with van der Waals surface area (Å²) in [5, 5.41) is 2.91. The van der Waals surface area contributed by atoms with Crippen LogP contribution in [0, 0.1) is 5.82 Å². The molecule has 0 bridgehead atoms. The summed E-state index contributed by atoms with van der Waals surface area (Å²) >= 11 is 0. The second kappa shape index (κ2) is 9.29. The standard InChI is InChI=1S/C22H22FN3O5/c1-13(24-17-10-9-16(29-2)11-19(17)30-3)21-18(12-20(27)31-4)25-26(22(21)28)15-7-5-14(23)6-8-15/h5-11,25H,12H2,1-4H3. The fraction of sp³-hybridized carbons (Fsp3) is 0.227. The Morgan fingerprint density at radius 1 is 1.10 bits per heavy atom. The van der Waals surface area contributed by atoms with Crippen LogP contribution in [0.4, 0.5) is 10.1 Å². The molecule has 0 radical (unpaired) electrons. The maximum absolute atomic E-state index is 13.3. The number of nitrogens with zero attached hydrogens (tertiary/aromatic N) is 2. The Bertz CT molecular complexity index is 1180. The summed E-state index contributed by atoms with van der Waals surface area (Å²) in [6.45, 7) is 1.66. The normalized spacial score (nSPS) is 11.3. The Labute approximate surface area is 177 Å². The minimum absolute atomic E-state index is 0.165. The number of esters is 1. The monoisotopic (exact) mass is 427 g/mol. The third-order valence-electron chi connectivity index (χ3n) is 4.64. The summed E-state index contributed by atoms with van der Waals surface area (Å²) in [5.41, 5.74) is 1.38. The fourth-order valence-electron chi connectivity index (χ4n) is 3.09. The molecular formula is C22H22FN3O5. The first-order valence-electron chi connectivity index (χ1n) is 9.32. The lowest BCUT2D eigenvalue weighted by molar-refractivity contribution is -0.139. The Kier molecular flexibility index (Phi) is 6.54. The van der Waals surface area contributed by atoms with Gasteiger partial charge in [0.15, 0.2) is 0 Å². The molecule has 0 aliphatic rings. The van der Waals surface area contributed by atoms with Crippen molar-refractivity contribution in [2.75, 3.05) is 21.3 Å². The number of carbonyl (C=O) groups excluding carboxylic acids is 1. The molecule has 31 heavy (non-hydrogen) atoms. The van der Waals surface area contributed by atoms with Crippen LogP contribution in [0.5, 0.6) is 11.5 Å². The summed E-state index contributed by atoms with van der Waals surface area (Å²) < 4.78 is 29.8. The van der Waals surface area contributed by atoms with Crippen LogP contribution >= 0.6 is 0 Å². The van der Waals surface area contributed by atoms with Gasteiger partial charge in [-0.2, -0.15) is 0 Å². The number of rotatable bonds is 7. The van der Waals surface area contributed by atoms with Gasteiger partial charge in [-0.25, -0.2) is 14.1 Å². The van der Waals surface area contributed by atoms with Gasteiger partial charge in [-0.05, 0) is 43.3 Å². The van der Waals surface area contributed by atoms with Crippen molar-refractivity contribution in [3.8, 4) is 17.2 Å². The molecule has 1 N–H and O–H groups in total. The first-order valence-corrected chi connectivity index (χ1v) is 9.32. The van der Waals surface area contributed by atoms with Crippen LogP contribution in [0.15, 0.2) is 52.3 Å². The first-order chi connectivity index (χ1) is 14.9. The second-order valence-electron chi connectivity index (χ2n) is 6.57. The molecule has 0 saturated heterocycles. The maximum Gasteiger partial charge on any atom is 0.311 e. The molecule has 3 rings (SSSR count). The van der Waals surface area contributed by atoms with Gasteiger partial charge in [0.25, 0.3) is 5.56 Å². The van der Waals surface area contributed by atoms with E-state index in [-0.39, 0.29) is 12.0 Å². The van der Waals surface area contributed by atoms with Crippen LogP contribution in [0.3, 0.4) is 0 Å². The quantitative estimate of drug-likeness (QED) is 0.462. The average Bonchev–Trinajstić information content (AvgIpc) is 3.09. The predicted octanol–water partition coefficient (Wildman–Crippen LogP) is 3.18. The number of hydrogen-bond donors (Lipinski definition) is 1. The molecule has 3 aromatic rings. The SMILES string of the molecule is COC(=O)Cc1[nH]n(-c2ccc(F)cc2)c(=O)c1C(C)=Nc1ccc(OC)cc1OC. The van der Waals surface area contributed by atoms with Crippen LogP contribution in [-0.4, -0.2) is 42.8 Å². The lowest BCUT2D eigenvalue weighted by atomic mass is 10.1. The predicted molar refractivity (Wildman–Crippen MR) is 113 cm³/mol. The largest absolute Gasteiger partial charge is 0.497 e. The summed E-state index contributed by atoms with van der Waals surface area (Å²) in [4.78, 5) is 29.6. The van der Waals surface area contributed by atoms with Crippen LogP contribution in [-0.2, 0) is 16.0 Å². The number of aromatic amines is 1. The van der Waals surface area contributed by atoms with E-state index in [1.54, 1.807) is 32.2 Å². The number of halogens is 1. The number of benzene rings is 2. The molecule has 0 fully saturated rings. The smallest absolute Gasteiger partial charge is 0.311 e. The molecule has 162 valence electrons. The van der Waals surface area contributed by atoms with Crippen molar-refractivity contribution >= 4 is 17.4 Å². The molecule has 9 heteroatoms. The average molecular weight is 427 g/mol. The molecule has 8 nitrogen and oxygen atoms in total. The lowest BCUT2D eigenvalue weighted by Gasteiger charge is -2.08. The highest BCUT2D eigenvalue weighted by atomic mass is 19.1. The summed E-state index contributed by atoms with van der Waals surface area (Å²) in [6.07, 6.45) is -0.165. The van der Waals surface area contributed by atoms with Crippen molar-refractivity contribution in [2.45, 2.75) is 13.3 Å². The third kappa shape index (κ3) is 4.66. The number of ether oxygens (including phenoxy) is 3. The zero-order chi connectivity index (χ0) is 22.5. The number of hydrogen-bond acceptors (Lipinski definition) is 6. The van der Waals surface area contributed by atoms with E-state index in [1.165, 1.54) is 43.2 Å². The van der Waals surface area contributed by atoms with Crippen LogP contribution in [0.1, 0.15) is 18.2 Å².